The van der Waals surface area contributed by atoms with E-state index in [1.54, 1.807) is 18.5 Å². The van der Waals surface area contributed by atoms with Crippen LogP contribution in [0, 0.1) is 6.92 Å². The van der Waals surface area contributed by atoms with Gasteiger partial charge in [0.05, 0.1) is 16.1 Å². The molecule has 106 valence electrons. The number of hydrogen-bond acceptors (Lipinski definition) is 2. The molecule has 0 unspecified atom stereocenters. The first-order valence-corrected chi connectivity index (χ1v) is 6.98. The Kier molecular flexibility index (Phi) is 3.62. The van der Waals surface area contributed by atoms with Gasteiger partial charge in [0, 0.05) is 30.0 Å². The summed E-state index contributed by atoms with van der Waals surface area (Å²) >= 11 is 6.15. The van der Waals surface area contributed by atoms with Crippen molar-refractivity contribution in [1.82, 2.24) is 15.3 Å². The first kappa shape index (κ1) is 13.6. The number of para-hydroxylation sites is 1. The van der Waals surface area contributed by atoms with Crippen LogP contribution in [-0.4, -0.2) is 15.9 Å². The van der Waals surface area contributed by atoms with Crippen molar-refractivity contribution in [2.24, 2.45) is 0 Å². The quantitative estimate of drug-likeness (QED) is 0.778. The maximum atomic E-state index is 12.4. The third-order valence-corrected chi connectivity index (χ3v) is 3.71. The number of rotatable bonds is 3. The molecule has 0 atom stereocenters. The number of pyridine rings is 1. The van der Waals surface area contributed by atoms with Crippen LogP contribution in [0.5, 0.6) is 0 Å². The summed E-state index contributed by atoms with van der Waals surface area (Å²) in [6.45, 7) is 2.34. The van der Waals surface area contributed by atoms with E-state index in [4.69, 9.17) is 11.6 Å². The van der Waals surface area contributed by atoms with Crippen molar-refractivity contribution in [3.05, 3.63) is 64.6 Å². The number of aromatic nitrogens is 2. The third-order valence-electron chi connectivity index (χ3n) is 3.40. The molecule has 0 fully saturated rings. The molecule has 2 N–H and O–H groups in total. The molecule has 21 heavy (non-hydrogen) atoms. The number of H-pyrrole nitrogens is 1. The van der Waals surface area contributed by atoms with Crippen LogP contribution < -0.4 is 5.32 Å². The van der Waals surface area contributed by atoms with E-state index in [1.807, 2.05) is 31.2 Å². The van der Waals surface area contributed by atoms with Gasteiger partial charge in [-0.15, -0.1) is 0 Å². The third kappa shape index (κ3) is 2.62. The summed E-state index contributed by atoms with van der Waals surface area (Å²) < 4.78 is 0. The van der Waals surface area contributed by atoms with Gasteiger partial charge in [-0.25, -0.2) is 0 Å². The number of hydrogen-bond donors (Lipinski definition) is 2. The molecular weight excluding hydrogens is 286 g/mol. The van der Waals surface area contributed by atoms with Gasteiger partial charge in [-0.2, -0.15) is 0 Å². The number of fused-ring (bicyclic) bond motifs is 1. The van der Waals surface area contributed by atoms with Crippen LogP contribution in [0.2, 0.25) is 5.02 Å². The number of amides is 1. The molecule has 0 spiro atoms. The van der Waals surface area contributed by atoms with E-state index in [0.29, 0.717) is 17.1 Å². The van der Waals surface area contributed by atoms with Crippen molar-refractivity contribution in [2.45, 2.75) is 13.5 Å². The smallest absolute Gasteiger partial charge is 0.253 e. The molecule has 0 aliphatic rings. The molecule has 0 aliphatic heterocycles. The molecule has 0 saturated carbocycles. The maximum Gasteiger partial charge on any atom is 0.253 e. The molecule has 5 heteroatoms. The SMILES string of the molecule is Cc1[nH]c2c(Cl)cccc2c1C(=O)NCc1ccncc1. The maximum absolute atomic E-state index is 12.4. The molecule has 1 amide bonds. The van der Waals surface area contributed by atoms with Crippen LogP contribution in [-0.2, 0) is 6.54 Å². The van der Waals surface area contributed by atoms with Crippen LogP contribution in [0.3, 0.4) is 0 Å². The molecule has 4 nitrogen and oxygen atoms in total. The van der Waals surface area contributed by atoms with Crippen LogP contribution in [0.25, 0.3) is 10.9 Å². The molecule has 0 radical (unpaired) electrons. The molecule has 0 bridgehead atoms. The van der Waals surface area contributed by atoms with Gasteiger partial charge in [-0.05, 0) is 30.7 Å². The highest BCUT2D eigenvalue weighted by Gasteiger charge is 2.16. The average Bonchev–Trinajstić information content (AvgIpc) is 2.84. The lowest BCUT2D eigenvalue weighted by molar-refractivity contribution is 0.0952. The molecule has 2 heterocycles. The molecule has 1 aromatic carbocycles. The Balaban J connectivity index is 1.88. The lowest BCUT2D eigenvalue weighted by Crippen LogP contribution is -2.23. The normalized spacial score (nSPS) is 10.8. The summed E-state index contributed by atoms with van der Waals surface area (Å²) in [6, 6.07) is 9.29. The summed E-state index contributed by atoms with van der Waals surface area (Å²) in [7, 11) is 0. The highest BCUT2D eigenvalue weighted by Crippen LogP contribution is 2.27. The lowest BCUT2D eigenvalue weighted by atomic mass is 10.1. The summed E-state index contributed by atoms with van der Waals surface area (Å²) in [6.07, 6.45) is 3.41. The van der Waals surface area contributed by atoms with Crippen molar-refractivity contribution in [1.29, 1.82) is 0 Å². The Hall–Kier alpha value is -2.33. The Labute approximate surface area is 127 Å². The van der Waals surface area contributed by atoms with Crippen LogP contribution in [0.1, 0.15) is 21.6 Å². The summed E-state index contributed by atoms with van der Waals surface area (Å²) in [5.74, 6) is -0.113. The fourth-order valence-electron chi connectivity index (χ4n) is 2.38. The van der Waals surface area contributed by atoms with Crippen molar-refractivity contribution in [3.63, 3.8) is 0 Å². The predicted molar refractivity (Wildman–Crippen MR) is 83.5 cm³/mol. The fourth-order valence-corrected chi connectivity index (χ4v) is 2.60. The Morgan fingerprint density at radius 2 is 2.05 bits per heavy atom. The molecule has 3 rings (SSSR count). The zero-order chi connectivity index (χ0) is 14.8. The largest absolute Gasteiger partial charge is 0.357 e. The second kappa shape index (κ2) is 5.58. The minimum absolute atomic E-state index is 0.113. The van der Waals surface area contributed by atoms with E-state index >= 15 is 0 Å². The van der Waals surface area contributed by atoms with E-state index < -0.39 is 0 Å². The Morgan fingerprint density at radius 1 is 1.29 bits per heavy atom. The number of carbonyl (C=O) groups is 1. The number of nitrogens with one attached hydrogen (secondary N) is 2. The monoisotopic (exact) mass is 299 g/mol. The highest BCUT2D eigenvalue weighted by atomic mass is 35.5. The van der Waals surface area contributed by atoms with Crippen molar-refractivity contribution in [3.8, 4) is 0 Å². The predicted octanol–water partition coefficient (Wildman–Crippen LogP) is 3.45. The number of aryl methyl sites for hydroxylation is 1. The van der Waals surface area contributed by atoms with Crippen molar-refractivity contribution < 1.29 is 4.79 Å². The van der Waals surface area contributed by atoms with E-state index in [9.17, 15) is 4.79 Å². The molecule has 0 aliphatic carbocycles. The topological polar surface area (TPSA) is 57.8 Å². The van der Waals surface area contributed by atoms with Crippen molar-refractivity contribution >= 4 is 28.4 Å². The number of benzene rings is 1. The van der Waals surface area contributed by atoms with Gasteiger partial charge in [0.25, 0.3) is 5.91 Å². The van der Waals surface area contributed by atoms with Crippen molar-refractivity contribution in [2.75, 3.05) is 0 Å². The summed E-state index contributed by atoms with van der Waals surface area (Å²) in [5, 5.41) is 4.38. The van der Waals surface area contributed by atoms with Crippen LogP contribution >= 0.6 is 11.6 Å². The van der Waals surface area contributed by atoms with E-state index in [1.165, 1.54) is 0 Å². The minimum atomic E-state index is -0.113. The molecular formula is C16H14ClN3O. The van der Waals surface area contributed by atoms with Gasteiger partial charge in [0.15, 0.2) is 0 Å². The standard InChI is InChI=1S/C16H14ClN3O/c1-10-14(12-3-2-4-13(17)15(12)20-10)16(21)19-9-11-5-7-18-8-6-11/h2-8,20H,9H2,1H3,(H,19,21). The second-order valence-electron chi connectivity index (χ2n) is 4.83. The summed E-state index contributed by atoms with van der Waals surface area (Å²) in [5.41, 5.74) is 3.26. The van der Waals surface area contributed by atoms with Gasteiger partial charge >= 0.3 is 0 Å². The Morgan fingerprint density at radius 3 is 2.81 bits per heavy atom. The fraction of sp³-hybridized carbons (Fsp3) is 0.125. The number of nitrogens with zero attached hydrogens (tertiary/aromatic N) is 1. The van der Waals surface area contributed by atoms with Gasteiger partial charge in [-0.1, -0.05) is 23.7 Å². The molecule has 0 saturated heterocycles. The number of aromatic amines is 1. The van der Waals surface area contributed by atoms with Gasteiger partial charge in [0.1, 0.15) is 0 Å². The van der Waals surface area contributed by atoms with E-state index in [0.717, 1.165) is 22.2 Å². The highest BCUT2D eigenvalue weighted by molar-refractivity contribution is 6.35. The van der Waals surface area contributed by atoms with Gasteiger partial charge < -0.3 is 10.3 Å². The summed E-state index contributed by atoms with van der Waals surface area (Å²) in [4.78, 5) is 19.6. The first-order chi connectivity index (χ1) is 10.2. The number of carbonyl (C=O) groups excluding carboxylic acids is 1. The first-order valence-electron chi connectivity index (χ1n) is 6.60. The Bertz CT molecular complexity index is 796. The number of halogens is 1. The second-order valence-corrected chi connectivity index (χ2v) is 5.23. The van der Waals surface area contributed by atoms with Crippen LogP contribution in [0.4, 0.5) is 0 Å². The zero-order valence-electron chi connectivity index (χ0n) is 11.5. The van der Waals surface area contributed by atoms with Gasteiger partial charge in [0.2, 0.25) is 0 Å². The van der Waals surface area contributed by atoms with Gasteiger partial charge in [-0.3, -0.25) is 9.78 Å². The van der Waals surface area contributed by atoms with Crippen LogP contribution in [0.15, 0.2) is 42.7 Å². The molecule has 3 aromatic rings. The lowest BCUT2D eigenvalue weighted by Gasteiger charge is -2.05. The average molecular weight is 300 g/mol. The van der Waals surface area contributed by atoms with E-state index in [-0.39, 0.29) is 5.91 Å². The minimum Gasteiger partial charge on any atom is -0.357 e. The zero-order valence-corrected chi connectivity index (χ0v) is 12.2. The van der Waals surface area contributed by atoms with E-state index in [2.05, 4.69) is 15.3 Å². The molecule has 2 aromatic heterocycles.